The molecule has 1 amide bonds. The maximum absolute atomic E-state index is 12.3. The van der Waals surface area contributed by atoms with Crippen LogP contribution in [0.5, 0.6) is 0 Å². The third kappa shape index (κ3) is 2.70. The van der Waals surface area contributed by atoms with Gasteiger partial charge in [-0.05, 0) is 95.7 Å². The van der Waals surface area contributed by atoms with Crippen LogP contribution in [0.2, 0.25) is 0 Å². The van der Waals surface area contributed by atoms with Crippen LogP contribution in [0.4, 0.5) is 4.79 Å². The molecule has 1 unspecified atom stereocenters. The highest BCUT2D eigenvalue weighted by Crippen LogP contribution is 2.94. The van der Waals surface area contributed by atoms with E-state index in [0.29, 0.717) is 23.7 Å². The zero-order valence-electron chi connectivity index (χ0n) is 25.3. The van der Waals surface area contributed by atoms with E-state index in [-0.39, 0.29) is 63.5 Å². The molecule has 5 aliphatic carbocycles. The van der Waals surface area contributed by atoms with E-state index in [1.54, 1.807) is 14.1 Å². The molecule has 1 aliphatic heterocycles. The van der Waals surface area contributed by atoms with E-state index in [1.807, 2.05) is 0 Å². The van der Waals surface area contributed by atoms with Crippen LogP contribution in [0.3, 0.4) is 0 Å². The smallest absolute Gasteiger partial charge is 0.409 e. The fraction of sp³-hybridized carbons (Fsp3) is 0.969. The van der Waals surface area contributed by atoms with Crippen LogP contribution in [-0.2, 0) is 9.47 Å². The molecular weight excluding hydrogens is 478 g/mol. The maximum atomic E-state index is 12.3. The monoisotopic (exact) mass is 531 g/mol. The molecule has 38 heavy (non-hydrogen) atoms. The fourth-order valence-corrected chi connectivity index (χ4v) is 13.0. The molecule has 6 heteroatoms. The largest absolute Gasteiger partial charge is 0.447 e. The number of amides is 1. The van der Waals surface area contributed by atoms with Gasteiger partial charge in [-0.2, -0.15) is 0 Å². The van der Waals surface area contributed by atoms with E-state index in [0.717, 1.165) is 38.5 Å². The van der Waals surface area contributed by atoms with Gasteiger partial charge in [0.2, 0.25) is 0 Å². The lowest BCUT2D eigenvalue weighted by atomic mass is 9.38. The average Bonchev–Trinajstić information content (AvgIpc) is 3.33. The maximum Gasteiger partial charge on any atom is 0.409 e. The number of nitrogens with zero attached hydrogens (tertiary/aromatic N) is 1. The van der Waals surface area contributed by atoms with E-state index in [2.05, 4.69) is 48.5 Å². The highest BCUT2D eigenvalue weighted by Gasteiger charge is 2.90. The summed E-state index contributed by atoms with van der Waals surface area (Å²) in [5.74, 6) is 1.79. The Bertz CT molecular complexity index is 1010. The van der Waals surface area contributed by atoms with Gasteiger partial charge >= 0.3 is 6.09 Å². The molecule has 6 rings (SSSR count). The van der Waals surface area contributed by atoms with Crippen LogP contribution < -0.4 is 0 Å². The number of rotatable bonds is 2. The minimum absolute atomic E-state index is 0.0125. The van der Waals surface area contributed by atoms with Gasteiger partial charge in [-0.15, -0.1) is 0 Å². The summed E-state index contributed by atoms with van der Waals surface area (Å²) in [5.41, 5.74) is 0.289. The molecule has 0 aromatic rings. The zero-order chi connectivity index (χ0) is 27.8. The van der Waals surface area contributed by atoms with Gasteiger partial charge in [0.05, 0.1) is 24.4 Å². The molecule has 2 spiro atoms. The number of ether oxygens (including phenoxy) is 2. The Morgan fingerprint density at radius 2 is 1.68 bits per heavy atom. The third-order valence-corrected chi connectivity index (χ3v) is 15.2. The van der Waals surface area contributed by atoms with Crippen molar-refractivity contribution in [2.24, 2.45) is 56.2 Å². The van der Waals surface area contributed by atoms with Gasteiger partial charge < -0.3 is 24.6 Å². The summed E-state index contributed by atoms with van der Waals surface area (Å²) in [4.78, 5) is 13.5. The van der Waals surface area contributed by atoms with Crippen LogP contribution in [0, 0.1) is 56.2 Å². The van der Waals surface area contributed by atoms with Crippen molar-refractivity contribution in [2.45, 2.75) is 118 Å². The Balaban J connectivity index is 1.34. The molecule has 0 aromatic carbocycles. The molecule has 1 heterocycles. The second kappa shape index (κ2) is 7.91. The van der Waals surface area contributed by atoms with Gasteiger partial charge in [-0.3, -0.25) is 0 Å². The minimum atomic E-state index is -0.522. The molecule has 5 saturated carbocycles. The van der Waals surface area contributed by atoms with Crippen molar-refractivity contribution in [3.05, 3.63) is 0 Å². The lowest BCUT2D eigenvalue weighted by Crippen LogP contribution is -2.63. The van der Waals surface area contributed by atoms with Crippen LogP contribution in [-0.4, -0.2) is 66.3 Å². The first-order valence-corrected chi connectivity index (χ1v) is 15.4. The van der Waals surface area contributed by atoms with E-state index < -0.39 is 6.10 Å². The summed E-state index contributed by atoms with van der Waals surface area (Å²) < 4.78 is 12.2. The Hall–Kier alpha value is -0.850. The normalized spacial score (nSPS) is 58.0. The Morgan fingerprint density at radius 1 is 1.00 bits per heavy atom. The van der Waals surface area contributed by atoms with E-state index in [4.69, 9.17) is 9.47 Å². The standard InChI is InChI=1S/C32H53NO5/c1-18-16-20(17-37-26(36)33(8)9)38-24-23(18)28(5)14-15-31-19(2)32(31)13-11-22(34)27(3,4)29(32,6)12-10-21(31)30(28,7)25(24)35/h18-25,34-35H,10-17H2,1-9H3/t18-,19+,20-,21+,22+,23?,24+,25+,28-,29+,30-,31+,32-/m1/s1. The summed E-state index contributed by atoms with van der Waals surface area (Å²) in [6, 6.07) is 0. The van der Waals surface area contributed by atoms with E-state index in [9.17, 15) is 15.0 Å². The molecule has 0 aromatic heterocycles. The number of aliphatic hydroxyl groups is 2. The molecule has 6 fully saturated rings. The van der Waals surface area contributed by atoms with Gasteiger partial charge in [0, 0.05) is 19.5 Å². The predicted octanol–water partition coefficient (Wildman–Crippen LogP) is 5.50. The van der Waals surface area contributed by atoms with E-state index >= 15 is 0 Å². The molecule has 6 aliphatic rings. The highest BCUT2D eigenvalue weighted by atomic mass is 16.6. The highest BCUT2D eigenvalue weighted by molar-refractivity contribution is 5.66. The minimum Gasteiger partial charge on any atom is -0.447 e. The lowest BCUT2D eigenvalue weighted by Gasteiger charge is -2.67. The molecule has 1 saturated heterocycles. The number of carbonyl (C=O) groups is 1. The second-order valence-corrected chi connectivity index (χ2v) is 16.0. The predicted molar refractivity (Wildman–Crippen MR) is 146 cm³/mol. The van der Waals surface area contributed by atoms with Gasteiger partial charge in [-0.25, -0.2) is 4.79 Å². The molecule has 216 valence electrons. The number of hydrogen-bond acceptors (Lipinski definition) is 5. The van der Waals surface area contributed by atoms with Gasteiger partial charge in [-0.1, -0.05) is 48.5 Å². The first-order valence-electron chi connectivity index (χ1n) is 15.4. The quantitative estimate of drug-likeness (QED) is 0.492. The van der Waals surface area contributed by atoms with Crippen molar-refractivity contribution in [3.8, 4) is 0 Å². The van der Waals surface area contributed by atoms with Crippen molar-refractivity contribution in [1.29, 1.82) is 0 Å². The van der Waals surface area contributed by atoms with Crippen LogP contribution in [0.15, 0.2) is 0 Å². The Kier molecular flexibility index (Phi) is 5.69. The molecule has 0 radical (unpaired) electrons. The summed E-state index contributed by atoms with van der Waals surface area (Å²) in [6.45, 7) is 17.1. The van der Waals surface area contributed by atoms with Crippen molar-refractivity contribution >= 4 is 6.09 Å². The topological polar surface area (TPSA) is 79.2 Å². The molecule has 13 atom stereocenters. The van der Waals surface area contributed by atoms with Gasteiger partial charge in [0.25, 0.3) is 0 Å². The molecular formula is C32H53NO5. The van der Waals surface area contributed by atoms with Crippen LogP contribution >= 0.6 is 0 Å². The first-order chi connectivity index (χ1) is 17.6. The number of fused-ring (bicyclic) bond motifs is 4. The van der Waals surface area contributed by atoms with Crippen molar-refractivity contribution in [3.63, 3.8) is 0 Å². The Morgan fingerprint density at radius 3 is 2.34 bits per heavy atom. The van der Waals surface area contributed by atoms with Crippen LogP contribution in [0.1, 0.15) is 93.4 Å². The number of aliphatic hydroxyl groups excluding tert-OH is 2. The summed E-state index contributed by atoms with van der Waals surface area (Å²) >= 11 is 0. The Labute approximate surface area is 230 Å². The van der Waals surface area contributed by atoms with E-state index in [1.165, 1.54) is 11.3 Å². The fourth-order valence-electron chi connectivity index (χ4n) is 13.0. The summed E-state index contributed by atoms with van der Waals surface area (Å²) in [6.07, 6.45) is 6.01. The summed E-state index contributed by atoms with van der Waals surface area (Å²) in [7, 11) is 3.39. The van der Waals surface area contributed by atoms with Crippen LogP contribution in [0.25, 0.3) is 0 Å². The van der Waals surface area contributed by atoms with Gasteiger partial charge in [0.1, 0.15) is 6.61 Å². The summed E-state index contributed by atoms with van der Waals surface area (Å²) in [5, 5.41) is 23.5. The number of hydrogen-bond donors (Lipinski definition) is 2. The molecule has 6 nitrogen and oxygen atoms in total. The van der Waals surface area contributed by atoms with Gasteiger partial charge in [0.15, 0.2) is 0 Å². The third-order valence-electron chi connectivity index (χ3n) is 15.2. The SMILES string of the molecule is C[C@@H]1C[C@H](COC(=O)N(C)C)O[C@H]2C1[C@@]1(C)CC[C@]34[C@@H](CC[C@@]5(C)C(C)(C)[C@@H](O)CC[C@]35[C@H]4C)[C@]1(C)[C@H]2O. The lowest BCUT2D eigenvalue weighted by molar-refractivity contribution is -0.214. The molecule has 2 N–H and O–H groups in total. The first kappa shape index (κ1) is 27.3. The van der Waals surface area contributed by atoms with Crippen molar-refractivity contribution in [2.75, 3.05) is 20.7 Å². The average molecular weight is 532 g/mol. The van der Waals surface area contributed by atoms with Crippen molar-refractivity contribution in [1.82, 2.24) is 4.90 Å². The molecule has 0 bridgehead atoms. The zero-order valence-corrected chi connectivity index (χ0v) is 25.3. The number of carbonyl (C=O) groups excluding carboxylic acids is 1. The second-order valence-electron chi connectivity index (χ2n) is 16.0. The van der Waals surface area contributed by atoms with Crippen molar-refractivity contribution < 1.29 is 24.5 Å².